The SMILES string of the molecule is Cc1ccc(-c2n[nH]c(=S)n2N=Cc2cccs2)cn1. The number of aromatic amines is 1. The van der Waals surface area contributed by atoms with Crippen molar-refractivity contribution in [3.05, 3.63) is 51.2 Å². The van der Waals surface area contributed by atoms with Crippen LogP contribution in [0.2, 0.25) is 0 Å². The quantitative estimate of drug-likeness (QED) is 0.597. The third-order valence-electron chi connectivity index (χ3n) is 2.66. The van der Waals surface area contributed by atoms with Crippen molar-refractivity contribution in [1.29, 1.82) is 0 Å². The maximum atomic E-state index is 5.21. The Morgan fingerprint density at radius 3 is 3.00 bits per heavy atom. The minimum Gasteiger partial charge on any atom is -0.261 e. The minimum absolute atomic E-state index is 0.452. The average Bonchev–Trinajstić information content (AvgIpc) is 3.07. The van der Waals surface area contributed by atoms with E-state index in [1.807, 2.05) is 36.6 Å². The fourth-order valence-electron chi connectivity index (χ4n) is 1.67. The lowest BCUT2D eigenvalue weighted by atomic mass is 10.2. The van der Waals surface area contributed by atoms with Crippen molar-refractivity contribution in [2.24, 2.45) is 5.10 Å². The number of pyridine rings is 1. The van der Waals surface area contributed by atoms with Crippen molar-refractivity contribution in [3.8, 4) is 11.4 Å². The van der Waals surface area contributed by atoms with E-state index in [1.54, 1.807) is 28.4 Å². The molecule has 3 aromatic heterocycles. The van der Waals surface area contributed by atoms with Gasteiger partial charge in [-0.3, -0.25) is 4.98 Å². The number of hydrogen-bond acceptors (Lipinski definition) is 5. The van der Waals surface area contributed by atoms with E-state index in [4.69, 9.17) is 12.2 Å². The van der Waals surface area contributed by atoms with Crippen LogP contribution < -0.4 is 0 Å². The van der Waals surface area contributed by atoms with Crippen LogP contribution in [0.15, 0.2) is 40.9 Å². The number of nitrogens with one attached hydrogen (secondary N) is 1. The molecule has 7 heteroatoms. The van der Waals surface area contributed by atoms with Gasteiger partial charge in [-0.05, 0) is 42.7 Å². The van der Waals surface area contributed by atoms with Gasteiger partial charge < -0.3 is 0 Å². The fourth-order valence-corrected chi connectivity index (χ4v) is 2.42. The Balaban J connectivity index is 2.01. The monoisotopic (exact) mass is 301 g/mol. The molecular formula is C13H11N5S2. The Hall–Kier alpha value is -2.12. The average molecular weight is 301 g/mol. The van der Waals surface area contributed by atoms with Crippen LogP contribution in [-0.2, 0) is 0 Å². The summed E-state index contributed by atoms with van der Waals surface area (Å²) in [6.45, 7) is 1.94. The van der Waals surface area contributed by atoms with Crippen molar-refractivity contribution >= 4 is 29.8 Å². The normalized spacial score (nSPS) is 11.2. The molecule has 0 radical (unpaired) electrons. The molecule has 3 heterocycles. The van der Waals surface area contributed by atoms with E-state index in [1.165, 1.54) is 0 Å². The molecule has 5 nitrogen and oxygen atoms in total. The number of H-pyrrole nitrogens is 1. The highest BCUT2D eigenvalue weighted by atomic mass is 32.1. The van der Waals surface area contributed by atoms with Gasteiger partial charge in [-0.15, -0.1) is 11.3 Å². The largest absolute Gasteiger partial charge is 0.261 e. The Bertz CT molecular complexity index is 781. The Morgan fingerprint density at radius 2 is 2.30 bits per heavy atom. The van der Waals surface area contributed by atoms with Crippen molar-refractivity contribution in [2.75, 3.05) is 0 Å². The highest BCUT2D eigenvalue weighted by Gasteiger charge is 2.08. The molecule has 0 aliphatic carbocycles. The first-order chi connectivity index (χ1) is 9.74. The van der Waals surface area contributed by atoms with Crippen LogP contribution in [0.25, 0.3) is 11.4 Å². The maximum Gasteiger partial charge on any atom is 0.216 e. The van der Waals surface area contributed by atoms with Gasteiger partial charge in [-0.25, -0.2) is 5.10 Å². The van der Waals surface area contributed by atoms with Crippen LogP contribution in [-0.4, -0.2) is 26.1 Å². The van der Waals surface area contributed by atoms with Crippen molar-refractivity contribution in [3.63, 3.8) is 0 Å². The second kappa shape index (κ2) is 5.48. The molecule has 0 saturated heterocycles. The number of hydrogen-bond donors (Lipinski definition) is 1. The molecule has 0 unspecified atom stereocenters. The van der Waals surface area contributed by atoms with Crippen LogP contribution in [0.5, 0.6) is 0 Å². The summed E-state index contributed by atoms with van der Waals surface area (Å²) in [6, 6.07) is 7.85. The molecule has 3 rings (SSSR count). The summed E-state index contributed by atoms with van der Waals surface area (Å²) in [5.74, 6) is 0.648. The Morgan fingerprint density at radius 1 is 1.40 bits per heavy atom. The zero-order valence-corrected chi connectivity index (χ0v) is 12.3. The van der Waals surface area contributed by atoms with Gasteiger partial charge in [0.1, 0.15) is 0 Å². The van der Waals surface area contributed by atoms with Gasteiger partial charge in [0.2, 0.25) is 4.77 Å². The zero-order valence-electron chi connectivity index (χ0n) is 10.6. The summed E-state index contributed by atoms with van der Waals surface area (Å²) in [5, 5.41) is 13.4. The fraction of sp³-hybridized carbons (Fsp3) is 0.0769. The first kappa shape index (κ1) is 12.9. The summed E-state index contributed by atoms with van der Waals surface area (Å²) < 4.78 is 2.05. The van der Waals surface area contributed by atoms with Crippen molar-refractivity contribution in [1.82, 2.24) is 19.9 Å². The predicted molar refractivity (Wildman–Crippen MR) is 82.7 cm³/mol. The molecule has 0 bridgehead atoms. The molecule has 1 N–H and O–H groups in total. The van der Waals surface area contributed by atoms with Crippen LogP contribution in [0.4, 0.5) is 0 Å². The van der Waals surface area contributed by atoms with E-state index in [-0.39, 0.29) is 0 Å². The molecule has 0 amide bonds. The Kier molecular flexibility index (Phi) is 3.53. The topological polar surface area (TPSA) is 58.9 Å². The van der Waals surface area contributed by atoms with Gasteiger partial charge >= 0.3 is 0 Å². The number of nitrogens with zero attached hydrogens (tertiary/aromatic N) is 4. The summed E-state index contributed by atoms with van der Waals surface area (Å²) in [6.07, 6.45) is 3.53. The van der Waals surface area contributed by atoms with E-state index in [0.29, 0.717) is 10.6 Å². The number of aromatic nitrogens is 4. The molecule has 0 fully saturated rings. The van der Waals surface area contributed by atoms with Crippen LogP contribution in [0.1, 0.15) is 10.6 Å². The van der Waals surface area contributed by atoms with E-state index >= 15 is 0 Å². The second-order valence-corrected chi connectivity index (χ2v) is 5.48. The van der Waals surface area contributed by atoms with E-state index in [2.05, 4.69) is 20.3 Å². The van der Waals surface area contributed by atoms with E-state index in [0.717, 1.165) is 16.1 Å². The van der Waals surface area contributed by atoms with Crippen LogP contribution >= 0.6 is 23.6 Å². The van der Waals surface area contributed by atoms with Gasteiger partial charge in [0.05, 0.1) is 6.21 Å². The lowest BCUT2D eigenvalue weighted by Crippen LogP contribution is -1.95. The van der Waals surface area contributed by atoms with Gasteiger partial charge in [0.25, 0.3) is 0 Å². The molecule has 0 aromatic carbocycles. The predicted octanol–water partition coefficient (Wildman–Crippen LogP) is 3.25. The number of thiophene rings is 1. The minimum atomic E-state index is 0.452. The van der Waals surface area contributed by atoms with Gasteiger partial charge in [0.15, 0.2) is 5.82 Å². The van der Waals surface area contributed by atoms with Crippen LogP contribution in [0.3, 0.4) is 0 Å². The van der Waals surface area contributed by atoms with Gasteiger partial charge in [-0.1, -0.05) is 6.07 Å². The molecule has 3 aromatic rings. The molecule has 0 aliphatic rings. The molecule has 0 spiro atoms. The van der Waals surface area contributed by atoms with Gasteiger partial charge in [0, 0.05) is 22.3 Å². The molecule has 0 aliphatic heterocycles. The third-order valence-corrected chi connectivity index (χ3v) is 3.73. The second-order valence-electron chi connectivity index (χ2n) is 4.11. The summed E-state index contributed by atoms with van der Waals surface area (Å²) in [5.41, 5.74) is 1.82. The molecule has 20 heavy (non-hydrogen) atoms. The Labute approximate surface area is 124 Å². The summed E-state index contributed by atoms with van der Waals surface area (Å²) >= 11 is 6.82. The molecule has 0 saturated carbocycles. The molecular weight excluding hydrogens is 290 g/mol. The van der Waals surface area contributed by atoms with Crippen LogP contribution in [0, 0.1) is 11.7 Å². The van der Waals surface area contributed by atoms with E-state index < -0.39 is 0 Å². The smallest absolute Gasteiger partial charge is 0.216 e. The molecule has 0 atom stereocenters. The summed E-state index contributed by atoms with van der Waals surface area (Å²) in [7, 11) is 0. The first-order valence-electron chi connectivity index (χ1n) is 5.92. The lowest BCUT2D eigenvalue weighted by molar-refractivity contribution is 0.871. The summed E-state index contributed by atoms with van der Waals surface area (Å²) in [4.78, 5) is 5.32. The van der Waals surface area contributed by atoms with Gasteiger partial charge in [-0.2, -0.15) is 14.9 Å². The standard InChI is InChI=1S/C13H11N5S2/c1-9-4-5-10(7-14-9)12-16-17-13(19)18(12)15-8-11-3-2-6-20-11/h2-8H,1H3,(H,17,19). The first-order valence-corrected chi connectivity index (χ1v) is 7.21. The highest BCUT2D eigenvalue weighted by molar-refractivity contribution is 7.71. The van der Waals surface area contributed by atoms with Crippen molar-refractivity contribution in [2.45, 2.75) is 6.92 Å². The van der Waals surface area contributed by atoms with Crippen molar-refractivity contribution < 1.29 is 0 Å². The van der Waals surface area contributed by atoms with E-state index in [9.17, 15) is 0 Å². The highest BCUT2D eigenvalue weighted by Crippen LogP contribution is 2.16. The third kappa shape index (κ3) is 2.59. The lowest BCUT2D eigenvalue weighted by Gasteiger charge is -2.00. The number of aryl methyl sites for hydroxylation is 1. The number of rotatable bonds is 3. The maximum absolute atomic E-state index is 5.21. The zero-order chi connectivity index (χ0) is 13.9. The molecule has 100 valence electrons.